The second kappa shape index (κ2) is 4.80. The van der Waals surface area contributed by atoms with Crippen molar-refractivity contribution in [2.24, 2.45) is 0 Å². The van der Waals surface area contributed by atoms with Gasteiger partial charge in [0.15, 0.2) is 5.78 Å². The molecule has 2 aromatic rings. The molecule has 0 bridgehead atoms. The number of rotatable bonds is 1. The predicted octanol–water partition coefficient (Wildman–Crippen LogP) is 1.15. The Morgan fingerprint density at radius 3 is 3.05 bits per heavy atom. The fraction of sp³-hybridized carbons (Fsp3) is 0.333. The van der Waals surface area contributed by atoms with Crippen molar-refractivity contribution in [3.8, 4) is 0 Å². The number of nitrogens with zero attached hydrogens (tertiary/aromatic N) is 2. The van der Waals surface area contributed by atoms with Gasteiger partial charge in [-0.25, -0.2) is 4.98 Å². The minimum atomic E-state index is -2.92. The summed E-state index contributed by atoms with van der Waals surface area (Å²) >= 11 is 0. The second-order valence-electron chi connectivity index (χ2n) is 4.69. The van der Waals surface area contributed by atoms with E-state index in [1.165, 1.54) is 12.1 Å². The highest BCUT2D eigenvalue weighted by Gasteiger charge is 2.30. The number of anilines is 1. The number of hydrogen-bond donors (Lipinski definition) is 1. The molecule has 2 N–H and O–H groups in total. The zero-order valence-electron chi connectivity index (χ0n) is 16.8. The molecular weight excluding hydrogens is 270 g/mol. The third-order valence-electron chi connectivity index (χ3n) is 3.31. The molecule has 1 aliphatic carbocycles. The molecule has 1 fully saturated rings. The van der Waals surface area contributed by atoms with E-state index in [2.05, 4.69) is 4.98 Å². The highest BCUT2D eigenvalue weighted by molar-refractivity contribution is 6.03. The van der Waals surface area contributed by atoms with E-state index in [4.69, 9.17) is 14.0 Å². The Balaban J connectivity index is 2.41. The summed E-state index contributed by atoms with van der Waals surface area (Å²) in [5.41, 5.74) is 4.60. The van der Waals surface area contributed by atoms with Crippen LogP contribution in [-0.4, -0.2) is 21.1 Å². The van der Waals surface area contributed by atoms with Crippen molar-refractivity contribution in [3.63, 3.8) is 0 Å². The molecule has 0 amide bonds. The van der Waals surface area contributed by atoms with Crippen molar-refractivity contribution < 1.29 is 17.8 Å². The van der Waals surface area contributed by atoms with Crippen LogP contribution in [0.25, 0.3) is 10.9 Å². The molecule has 1 saturated carbocycles. The van der Waals surface area contributed by atoms with E-state index in [-0.39, 0.29) is 22.6 Å². The molecule has 1 aromatic heterocycles. The first-order valence-electron chi connectivity index (χ1n) is 9.31. The van der Waals surface area contributed by atoms with Gasteiger partial charge < -0.3 is 5.73 Å². The minimum Gasteiger partial charge on any atom is -0.398 e. The van der Waals surface area contributed by atoms with E-state index in [0.29, 0.717) is 4.57 Å². The number of hydrogen-bond acceptors (Lipinski definition) is 5. The van der Waals surface area contributed by atoms with Gasteiger partial charge in [0.05, 0.1) is 24.7 Å². The van der Waals surface area contributed by atoms with Gasteiger partial charge >= 0.3 is 0 Å². The molecule has 0 radical (unpaired) electrons. The van der Waals surface area contributed by atoms with Gasteiger partial charge in [0.25, 0.3) is 5.56 Å². The van der Waals surface area contributed by atoms with Gasteiger partial charge in [0.1, 0.15) is 11.6 Å². The highest BCUT2D eigenvalue weighted by atomic mass is 16.2. The van der Waals surface area contributed by atoms with Crippen LogP contribution in [0.4, 0.5) is 5.69 Å². The third-order valence-corrected chi connectivity index (χ3v) is 3.31. The molecule has 3 rings (SSSR count). The first-order chi connectivity index (χ1) is 12.4. The fourth-order valence-corrected chi connectivity index (χ4v) is 2.34. The molecule has 3 unspecified atom stereocenters. The second-order valence-corrected chi connectivity index (χ2v) is 4.69. The van der Waals surface area contributed by atoms with Crippen LogP contribution < -0.4 is 11.3 Å². The van der Waals surface area contributed by atoms with Gasteiger partial charge in [-0.1, -0.05) is 6.04 Å². The monoisotopic (exact) mass is 291 g/mol. The quantitative estimate of drug-likeness (QED) is 0.628. The largest absolute Gasteiger partial charge is 0.398 e. The number of nitrogen functional groups attached to an aromatic ring is 1. The number of carbonyl (C=O) groups is 2. The molecule has 0 aliphatic heterocycles. The van der Waals surface area contributed by atoms with Gasteiger partial charge in [0, 0.05) is 18.9 Å². The summed E-state index contributed by atoms with van der Waals surface area (Å²) in [5.74, 6) is -2.33. The van der Waals surface area contributed by atoms with Crippen LogP contribution in [0.5, 0.6) is 0 Å². The fourth-order valence-electron chi connectivity index (χ4n) is 2.34. The highest BCUT2D eigenvalue weighted by Crippen LogP contribution is 2.24. The molecule has 3 atom stereocenters. The van der Waals surface area contributed by atoms with Crippen LogP contribution in [-0.2, 0) is 9.59 Å². The van der Waals surface area contributed by atoms with E-state index >= 15 is 0 Å². The van der Waals surface area contributed by atoms with E-state index in [0.717, 1.165) is 0 Å². The topological polar surface area (TPSA) is 95.0 Å². The maximum absolute atomic E-state index is 13.1. The molecule has 6 nitrogen and oxygen atoms in total. The molecule has 108 valence electrons. The smallest absolute Gasteiger partial charge is 0.264 e. The van der Waals surface area contributed by atoms with Crippen LogP contribution in [0.15, 0.2) is 23.0 Å². The molecule has 0 saturated heterocycles. The minimum absolute atomic E-state index is 0.0786. The average molecular weight is 291 g/mol. The van der Waals surface area contributed by atoms with Gasteiger partial charge in [-0.15, -0.1) is 0 Å². The molecule has 1 heterocycles. The third kappa shape index (κ3) is 2.12. The van der Waals surface area contributed by atoms with Crippen molar-refractivity contribution in [2.75, 3.05) is 5.73 Å². The lowest BCUT2D eigenvalue weighted by atomic mass is 9.92. The number of aryl methyl sites for hydroxylation is 1. The normalized spacial score (nSPS) is 31.0. The Kier molecular flexibility index (Phi) is 1.84. The maximum atomic E-state index is 13.1. The molecule has 1 aliphatic rings. The first-order valence-corrected chi connectivity index (χ1v) is 6.16. The van der Waals surface area contributed by atoms with Crippen molar-refractivity contribution in [3.05, 3.63) is 34.4 Å². The predicted molar refractivity (Wildman–Crippen MR) is 78.1 cm³/mol. The summed E-state index contributed by atoms with van der Waals surface area (Å²) in [6.07, 6.45) is -3.92. The van der Waals surface area contributed by atoms with Crippen LogP contribution >= 0.6 is 0 Å². The lowest BCUT2D eigenvalue weighted by Crippen LogP contribution is -2.36. The van der Waals surface area contributed by atoms with Crippen molar-refractivity contribution >= 4 is 28.2 Å². The van der Waals surface area contributed by atoms with Crippen molar-refractivity contribution in [1.29, 1.82) is 0 Å². The van der Waals surface area contributed by atoms with Gasteiger partial charge in [-0.3, -0.25) is 19.0 Å². The Hall–Kier alpha value is -2.50. The average Bonchev–Trinajstić information content (AvgIpc) is 2.52. The van der Waals surface area contributed by atoms with Gasteiger partial charge in [0.2, 0.25) is 0 Å². The number of ketones is 2. The number of nitrogens with two attached hydrogens (primary N) is 1. The van der Waals surface area contributed by atoms with Gasteiger partial charge in [-0.05, 0) is 25.4 Å². The standard InChI is InChI=1S/C15H15N3O3/c1-8-17-11-4-2-3-10(16)14(11)15(21)18(8)12-6-5-9(19)7-13(12)20/h2-4,12H,5-7,16H2,1H3/i1D3,2D,5D,6D. The van der Waals surface area contributed by atoms with E-state index < -0.39 is 55.1 Å². The van der Waals surface area contributed by atoms with Crippen LogP contribution in [0.3, 0.4) is 0 Å². The molecule has 1 aromatic carbocycles. The summed E-state index contributed by atoms with van der Waals surface area (Å²) in [6, 6.07) is 0.637. The van der Waals surface area contributed by atoms with E-state index in [1.54, 1.807) is 0 Å². The van der Waals surface area contributed by atoms with Crippen molar-refractivity contribution in [2.45, 2.75) is 32.1 Å². The summed E-state index contributed by atoms with van der Waals surface area (Å²) in [5, 5.41) is -0.183. The lowest BCUT2D eigenvalue weighted by molar-refractivity contribution is -0.132. The Bertz CT molecular complexity index is 1030. The van der Waals surface area contributed by atoms with Crippen LogP contribution in [0.1, 0.15) is 39.3 Å². The number of Topliss-reactive ketones (excluding diaryl/α,β-unsaturated/α-hetero) is 2. The lowest BCUT2D eigenvalue weighted by Gasteiger charge is -2.24. The van der Waals surface area contributed by atoms with E-state index in [1.807, 2.05) is 0 Å². The first kappa shape index (κ1) is 8.07. The Morgan fingerprint density at radius 1 is 1.48 bits per heavy atom. The summed E-state index contributed by atoms with van der Waals surface area (Å²) in [4.78, 5) is 41.1. The molecule has 6 heteroatoms. The van der Waals surface area contributed by atoms with Crippen LogP contribution in [0, 0.1) is 6.85 Å². The van der Waals surface area contributed by atoms with Crippen molar-refractivity contribution in [1.82, 2.24) is 9.55 Å². The zero-order valence-corrected chi connectivity index (χ0v) is 10.8. The van der Waals surface area contributed by atoms with Crippen LogP contribution in [0.2, 0.25) is 0 Å². The summed E-state index contributed by atoms with van der Waals surface area (Å²) < 4.78 is 47.1. The van der Waals surface area contributed by atoms with E-state index in [9.17, 15) is 14.4 Å². The number of aromatic nitrogens is 2. The zero-order chi connectivity index (χ0) is 20.3. The number of carbonyl (C=O) groups excluding carboxylic acids is 2. The number of benzene rings is 1. The Labute approximate surface area is 129 Å². The Morgan fingerprint density at radius 2 is 2.29 bits per heavy atom. The molecule has 21 heavy (non-hydrogen) atoms. The maximum Gasteiger partial charge on any atom is 0.264 e. The SMILES string of the molecule is [2H]c1cc(N)c2c(=O)n(C3C(=O)CC(=O)C([2H])C3[2H])c(C([2H])([2H])[2H])nc2c1. The summed E-state index contributed by atoms with van der Waals surface area (Å²) in [6.45, 7) is -2.92. The summed E-state index contributed by atoms with van der Waals surface area (Å²) in [7, 11) is 0. The molecular formula is C15H15N3O3. The number of fused-ring (bicyclic) bond motifs is 1. The molecule has 0 spiro atoms. The van der Waals surface area contributed by atoms with Gasteiger partial charge in [-0.2, -0.15) is 0 Å².